The minimum atomic E-state index is -0.676. The fraction of sp³-hybridized carbons (Fsp3) is 0.308. The third-order valence-electron chi connectivity index (χ3n) is 5.16. The number of alkyl halides is 1. The van der Waals surface area contributed by atoms with Crippen molar-refractivity contribution >= 4 is 10.8 Å². The second-order valence-corrected chi connectivity index (χ2v) is 7.43. The van der Waals surface area contributed by atoms with Crippen molar-refractivity contribution in [2.75, 3.05) is 0 Å². The summed E-state index contributed by atoms with van der Waals surface area (Å²) < 4.78 is 12.9. The lowest BCUT2D eigenvalue weighted by Crippen LogP contribution is -1.95. The Balaban J connectivity index is 1.77. The first-order valence-corrected chi connectivity index (χ1v) is 10.0. The zero-order chi connectivity index (χ0) is 19.1. The van der Waals surface area contributed by atoms with E-state index in [1.165, 1.54) is 33.0 Å². The molecule has 0 aliphatic carbocycles. The minimum absolute atomic E-state index is 0.676. The number of rotatable bonds is 9. The molecular weight excluding hydrogens is 331 g/mol. The van der Waals surface area contributed by atoms with Gasteiger partial charge in [0.05, 0.1) is 6.17 Å². The van der Waals surface area contributed by atoms with E-state index in [-0.39, 0.29) is 0 Å². The molecule has 1 heteroatoms. The van der Waals surface area contributed by atoms with Crippen molar-refractivity contribution in [2.45, 2.75) is 51.6 Å². The molecule has 0 aliphatic rings. The smallest absolute Gasteiger partial charge is 0.0973 e. The van der Waals surface area contributed by atoms with E-state index >= 15 is 0 Å². The van der Waals surface area contributed by atoms with E-state index in [2.05, 4.69) is 67.2 Å². The van der Waals surface area contributed by atoms with Crippen molar-refractivity contribution in [1.29, 1.82) is 0 Å². The molecular formula is C26H29F. The van der Waals surface area contributed by atoms with Crippen LogP contribution in [0, 0.1) is 0 Å². The third-order valence-corrected chi connectivity index (χ3v) is 5.16. The zero-order valence-corrected chi connectivity index (χ0v) is 16.3. The van der Waals surface area contributed by atoms with Gasteiger partial charge in [0.15, 0.2) is 0 Å². The summed E-state index contributed by atoms with van der Waals surface area (Å²) in [5.74, 6) is 0. The van der Waals surface area contributed by atoms with Crippen LogP contribution in [0.5, 0.6) is 0 Å². The summed E-state index contributed by atoms with van der Waals surface area (Å²) in [5.41, 5.74) is 5.24. The molecule has 3 rings (SSSR count). The van der Waals surface area contributed by atoms with Crippen LogP contribution in [0.25, 0.3) is 21.9 Å². The van der Waals surface area contributed by atoms with Crippen molar-refractivity contribution in [3.63, 3.8) is 0 Å². The number of benzene rings is 3. The van der Waals surface area contributed by atoms with Crippen LogP contribution in [0.3, 0.4) is 0 Å². The normalized spacial score (nSPS) is 12.2. The summed E-state index contributed by atoms with van der Waals surface area (Å²) in [5, 5.41) is 2.54. The van der Waals surface area contributed by atoms with Gasteiger partial charge < -0.3 is 0 Å². The monoisotopic (exact) mass is 360 g/mol. The fourth-order valence-electron chi connectivity index (χ4n) is 3.70. The molecule has 27 heavy (non-hydrogen) atoms. The molecule has 0 bridgehead atoms. The van der Waals surface area contributed by atoms with Crippen LogP contribution in [-0.2, 0) is 12.8 Å². The van der Waals surface area contributed by atoms with Gasteiger partial charge in [-0.2, -0.15) is 0 Å². The number of hydrogen-bond acceptors (Lipinski definition) is 0. The van der Waals surface area contributed by atoms with E-state index in [4.69, 9.17) is 0 Å². The molecule has 3 aromatic carbocycles. The van der Waals surface area contributed by atoms with Gasteiger partial charge in [-0.15, -0.1) is 6.58 Å². The van der Waals surface area contributed by atoms with Gasteiger partial charge in [-0.1, -0.05) is 73.5 Å². The summed E-state index contributed by atoms with van der Waals surface area (Å²) >= 11 is 0. The molecule has 0 aliphatic heterocycles. The Morgan fingerprint density at radius 3 is 2.52 bits per heavy atom. The van der Waals surface area contributed by atoms with E-state index in [0.717, 1.165) is 32.1 Å². The Bertz CT molecular complexity index is 892. The van der Waals surface area contributed by atoms with Crippen molar-refractivity contribution in [1.82, 2.24) is 0 Å². The van der Waals surface area contributed by atoms with Crippen LogP contribution in [0.4, 0.5) is 4.39 Å². The van der Waals surface area contributed by atoms with Crippen molar-refractivity contribution in [3.8, 4) is 11.1 Å². The second kappa shape index (κ2) is 9.50. The molecule has 0 saturated carbocycles. The molecule has 0 saturated heterocycles. The molecule has 0 radical (unpaired) electrons. The number of hydrogen-bond donors (Lipinski definition) is 0. The van der Waals surface area contributed by atoms with Gasteiger partial charge >= 0.3 is 0 Å². The highest BCUT2D eigenvalue weighted by Crippen LogP contribution is 2.29. The number of halogens is 1. The average molecular weight is 361 g/mol. The highest BCUT2D eigenvalue weighted by molar-refractivity contribution is 5.87. The highest BCUT2D eigenvalue weighted by atomic mass is 19.1. The lowest BCUT2D eigenvalue weighted by atomic mass is 9.93. The number of allylic oxidation sites excluding steroid dienone is 1. The SMILES string of the molecule is C=CCc1cc(CCCCCC(C)F)ccc1-c1ccc2ccccc2c1. The van der Waals surface area contributed by atoms with Gasteiger partial charge in [0, 0.05) is 0 Å². The summed E-state index contributed by atoms with van der Waals surface area (Å²) in [6, 6.07) is 22.0. The predicted molar refractivity (Wildman–Crippen MR) is 116 cm³/mol. The van der Waals surface area contributed by atoms with Gasteiger partial charge in [0.1, 0.15) is 0 Å². The Morgan fingerprint density at radius 1 is 0.926 bits per heavy atom. The molecule has 1 unspecified atom stereocenters. The van der Waals surface area contributed by atoms with Crippen molar-refractivity contribution < 1.29 is 4.39 Å². The highest BCUT2D eigenvalue weighted by Gasteiger charge is 2.07. The Kier molecular flexibility index (Phi) is 6.81. The molecule has 0 fully saturated rings. The van der Waals surface area contributed by atoms with Gasteiger partial charge in [0.25, 0.3) is 0 Å². The van der Waals surface area contributed by atoms with Crippen LogP contribution < -0.4 is 0 Å². The van der Waals surface area contributed by atoms with E-state index in [1.54, 1.807) is 6.92 Å². The van der Waals surface area contributed by atoms with Crippen LogP contribution in [0.2, 0.25) is 0 Å². The lowest BCUT2D eigenvalue weighted by Gasteiger charge is -2.12. The molecule has 0 spiro atoms. The molecule has 0 heterocycles. The van der Waals surface area contributed by atoms with E-state index in [9.17, 15) is 4.39 Å². The molecule has 0 N–H and O–H groups in total. The molecule has 3 aromatic rings. The average Bonchev–Trinajstić information content (AvgIpc) is 2.67. The Morgan fingerprint density at radius 2 is 1.74 bits per heavy atom. The fourth-order valence-corrected chi connectivity index (χ4v) is 3.70. The van der Waals surface area contributed by atoms with Gasteiger partial charge in [-0.3, -0.25) is 0 Å². The quantitative estimate of drug-likeness (QED) is 0.271. The Hall–Kier alpha value is -2.41. The maximum absolute atomic E-state index is 12.9. The van der Waals surface area contributed by atoms with Crippen molar-refractivity contribution in [2.24, 2.45) is 0 Å². The zero-order valence-electron chi connectivity index (χ0n) is 16.3. The van der Waals surface area contributed by atoms with E-state index < -0.39 is 6.17 Å². The molecule has 1 atom stereocenters. The van der Waals surface area contributed by atoms with E-state index in [1.807, 2.05) is 6.08 Å². The molecule has 0 aromatic heterocycles. The van der Waals surface area contributed by atoms with Crippen LogP contribution in [0.15, 0.2) is 73.3 Å². The second-order valence-electron chi connectivity index (χ2n) is 7.43. The first-order chi connectivity index (χ1) is 13.2. The maximum Gasteiger partial charge on any atom is 0.0973 e. The minimum Gasteiger partial charge on any atom is -0.248 e. The van der Waals surface area contributed by atoms with Crippen LogP contribution in [0.1, 0.15) is 43.7 Å². The third kappa shape index (κ3) is 5.29. The predicted octanol–water partition coefficient (Wildman–Crippen LogP) is 7.70. The number of aryl methyl sites for hydroxylation is 1. The van der Waals surface area contributed by atoms with Gasteiger partial charge in [0.2, 0.25) is 0 Å². The topological polar surface area (TPSA) is 0 Å². The summed E-state index contributed by atoms with van der Waals surface area (Å²) in [6.07, 6.45) is 7.11. The molecule has 0 nitrogen and oxygen atoms in total. The number of fused-ring (bicyclic) bond motifs is 1. The first-order valence-electron chi connectivity index (χ1n) is 10.0. The van der Waals surface area contributed by atoms with Gasteiger partial charge in [-0.25, -0.2) is 4.39 Å². The number of unbranched alkanes of at least 4 members (excludes halogenated alkanes) is 2. The van der Waals surface area contributed by atoms with Crippen molar-refractivity contribution in [3.05, 3.63) is 84.4 Å². The summed E-state index contributed by atoms with van der Waals surface area (Å²) in [7, 11) is 0. The standard InChI is InChI=1S/C26H29F/c1-3-9-24-18-21(11-6-4-5-10-20(2)27)14-17-26(24)25-16-15-22-12-7-8-13-23(22)19-25/h3,7-8,12-20H,1,4-6,9-11H2,2H3. The summed E-state index contributed by atoms with van der Waals surface area (Å²) in [6.45, 7) is 5.58. The van der Waals surface area contributed by atoms with E-state index in [0.29, 0.717) is 6.42 Å². The largest absolute Gasteiger partial charge is 0.248 e. The Labute approximate surface area is 162 Å². The summed E-state index contributed by atoms with van der Waals surface area (Å²) in [4.78, 5) is 0. The first kappa shape index (κ1) is 19.4. The molecule has 140 valence electrons. The maximum atomic E-state index is 12.9. The molecule has 0 amide bonds. The lowest BCUT2D eigenvalue weighted by molar-refractivity contribution is 0.330. The van der Waals surface area contributed by atoms with Crippen LogP contribution in [-0.4, -0.2) is 6.17 Å². The van der Waals surface area contributed by atoms with Crippen LogP contribution >= 0.6 is 0 Å². The van der Waals surface area contributed by atoms with Gasteiger partial charge in [-0.05, 0) is 71.7 Å².